The number of methoxy groups -OCH3 is 1. The van der Waals surface area contributed by atoms with E-state index in [-0.39, 0.29) is 17.8 Å². The van der Waals surface area contributed by atoms with Crippen LogP contribution in [-0.2, 0) is 10.0 Å². The Kier molecular flexibility index (Phi) is 5.99. The minimum absolute atomic E-state index is 0.140. The van der Waals surface area contributed by atoms with Gasteiger partial charge in [-0.25, -0.2) is 22.3 Å². The molecule has 2 N–H and O–H groups in total. The van der Waals surface area contributed by atoms with Crippen molar-refractivity contribution in [3.05, 3.63) is 29.8 Å². The summed E-state index contributed by atoms with van der Waals surface area (Å²) < 4.78 is 72.9. The Morgan fingerprint density at radius 1 is 1.22 bits per heavy atom. The summed E-state index contributed by atoms with van der Waals surface area (Å²) in [6.45, 7) is -1.90. The summed E-state index contributed by atoms with van der Waals surface area (Å²) in [5.74, 6) is -2.06. The number of anilines is 1. The zero-order chi connectivity index (χ0) is 20.2. The van der Waals surface area contributed by atoms with Crippen molar-refractivity contribution in [1.82, 2.24) is 19.7 Å². The van der Waals surface area contributed by atoms with Gasteiger partial charge in [-0.05, 0) is 25.1 Å². The van der Waals surface area contributed by atoms with Gasteiger partial charge < -0.3 is 9.47 Å². The van der Waals surface area contributed by atoms with Crippen LogP contribution in [0.1, 0.15) is 5.82 Å². The molecule has 0 radical (unpaired) electrons. The van der Waals surface area contributed by atoms with Crippen molar-refractivity contribution >= 4 is 22.0 Å². The van der Waals surface area contributed by atoms with Crippen molar-refractivity contribution < 1.29 is 35.9 Å². The molecule has 0 fully saturated rings. The van der Waals surface area contributed by atoms with Gasteiger partial charge in [-0.1, -0.05) is 0 Å². The summed E-state index contributed by atoms with van der Waals surface area (Å²) in [6.07, 6.45) is 0. The number of aryl methyl sites for hydroxylation is 1. The molecule has 0 bridgehead atoms. The maximum Gasteiger partial charge on any atom is 0.387 e. The maximum atomic E-state index is 13.4. The van der Waals surface area contributed by atoms with Crippen LogP contribution in [0.25, 0.3) is 0 Å². The minimum atomic E-state index is -4.77. The fraction of sp³-hybridized carbons (Fsp3) is 0.231. The molecule has 0 aliphatic heterocycles. The van der Waals surface area contributed by atoms with Crippen LogP contribution >= 0.6 is 0 Å². The summed E-state index contributed by atoms with van der Waals surface area (Å²) in [4.78, 5) is 22.1. The predicted octanol–water partition coefficient (Wildman–Crippen LogP) is 1.44. The van der Waals surface area contributed by atoms with E-state index in [0.29, 0.717) is 12.1 Å². The number of nitrogens with one attached hydrogen (secondary N) is 2. The van der Waals surface area contributed by atoms with Crippen LogP contribution in [0.3, 0.4) is 0 Å². The largest absolute Gasteiger partial charge is 0.467 e. The van der Waals surface area contributed by atoms with Crippen LogP contribution in [0.15, 0.2) is 23.1 Å². The zero-order valence-corrected chi connectivity index (χ0v) is 14.6. The van der Waals surface area contributed by atoms with Gasteiger partial charge in [0.25, 0.3) is 10.0 Å². The molecule has 0 spiro atoms. The molecular formula is C13H12F3N5O5S. The second-order valence-corrected chi connectivity index (χ2v) is 6.37. The molecule has 146 valence electrons. The third-order valence-electron chi connectivity index (χ3n) is 2.77. The van der Waals surface area contributed by atoms with Crippen molar-refractivity contribution in [3.63, 3.8) is 0 Å². The van der Waals surface area contributed by atoms with Gasteiger partial charge in [0, 0.05) is 0 Å². The molecule has 0 saturated heterocycles. The van der Waals surface area contributed by atoms with Crippen LogP contribution in [-0.4, -0.2) is 43.1 Å². The third kappa shape index (κ3) is 5.40. The lowest BCUT2D eigenvalue weighted by molar-refractivity contribution is -0.0518. The highest BCUT2D eigenvalue weighted by Crippen LogP contribution is 2.26. The molecule has 0 unspecified atom stereocenters. The van der Waals surface area contributed by atoms with Gasteiger partial charge in [0.1, 0.15) is 22.3 Å². The van der Waals surface area contributed by atoms with Crippen molar-refractivity contribution in [2.75, 3.05) is 12.4 Å². The van der Waals surface area contributed by atoms with Crippen LogP contribution < -0.4 is 19.5 Å². The van der Waals surface area contributed by atoms with E-state index in [1.54, 1.807) is 0 Å². The number of alkyl halides is 2. The summed E-state index contributed by atoms with van der Waals surface area (Å²) in [5.41, 5.74) is 0. The van der Waals surface area contributed by atoms with Gasteiger partial charge >= 0.3 is 18.7 Å². The summed E-state index contributed by atoms with van der Waals surface area (Å²) in [5, 5.41) is 2.00. The standard InChI is InChI=1S/C13H12F3N5O5S/c1-6-17-11(20-13(18-6)25-2)19-12(22)21-27(23,24)9-5-7(14)3-4-8(9)26-10(15)16/h3-5,10H,1-2H3,(H2,17,18,19,20,21,22). The molecule has 14 heteroatoms. The molecule has 2 aromatic rings. The Morgan fingerprint density at radius 3 is 2.56 bits per heavy atom. The Hall–Kier alpha value is -3.16. The van der Waals surface area contributed by atoms with Crippen molar-refractivity contribution in [2.45, 2.75) is 18.4 Å². The average Bonchev–Trinajstić information content (AvgIpc) is 2.54. The number of rotatable bonds is 6. The Morgan fingerprint density at radius 2 is 1.93 bits per heavy atom. The van der Waals surface area contributed by atoms with E-state index in [1.807, 2.05) is 5.32 Å². The van der Waals surface area contributed by atoms with Crippen molar-refractivity contribution in [1.29, 1.82) is 0 Å². The minimum Gasteiger partial charge on any atom is -0.467 e. The lowest BCUT2D eigenvalue weighted by Crippen LogP contribution is -2.35. The smallest absolute Gasteiger partial charge is 0.387 e. The van der Waals surface area contributed by atoms with Crippen LogP contribution in [0.4, 0.5) is 23.9 Å². The van der Waals surface area contributed by atoms with Crippen LogP contribution in [0.5, 0.6) is 11.8 Å². The molecular weight excluding hydrogens is 395 g/mol. The molecule has 1 aromatic carbocycles. The second kappa shape index (κ2) is 8.03. The monoisotopic (exact) mass is 407 g/mol. The number of halogens is 3. The predicted molar refractivity (Wildman–Crippen MR) is 83.5 cm³/mol. The van der Waals surface area contributed by atoms with Gasteiger partial charge in [-0.15, -0.1) is 0 Å². The summed E-state index contributed by atoms with van der Waals surface area (Å²) in [6, 6.07) is 0.349. The molecule has 1 aromatic heterocycles. The van der Waals surface area contributed by atoms with Gasteiger partial charge in [0.15, 0.2) is 0 Å². The maximum absolute atomic E-state index is 13.4. The van der Waals surface area contributed by atoms with Crippen molar-refractivity contribution in [2.24, 2.45) is 0 Å². The van der Waals surface area contributed by atoms with E-state index in [2.05, 4.69) is 19.7 Å². The van der Waals surface area contributed by atoms with Gasteiger partial charge in [0.05, 0.1) is 7.11 Å². The molecule has 2 rings (SSSR count). The normalized spacial score (nSPS) is 11.2. The molecule has 0 aliphatic rings. The first-order chi connectivity index (χ1) is 12.6. The molecule has 0 aliphatic carbocycles. The third-order valence-corrected chi connectivity index (χ3v) is 4.13. The molecule has 1 heterocycles. The fourth-order valence-electron chi connectivity index (χ4n) is 1.79. The highest BCUT2D eigenvalue weighted by molar-refractivity contribution is 7.90. The van der Waals surface area contributed by atoms with Crippen LogP contribution in [0, 0.1) is 12.7 Å². The Bertz CT molecular complexity index is 957. The first-order valence-corrected chi connectivity index (χ1v) is 8.44. The van der Waals surface area contributed by atoms with E-state index in [4.69, 9.17) is 4.74 Å². The van der Waals surface area contributed by atoms with E-state index in [0.717, 1.165) is 6.07 Å². The number of aromatic nitrogens is 3. The SMILES string of the molecule is COc1nc(C)nc(NC(=O)NS(=O)(=O)c2cc(F)ccc2OC(F)F)n1. The Balaban J connectivity index is 2.24. The first-order valence-electron chi connectivity index (χ1n) is 6.95. The summed E-state index contributed by atoms with van der Waals surface area (Å²) in [7, 11) is -3.51. The second-order valence-electron chi connectivity index (χ2n) is 4.72. The topological polar surface area (TPSA) is 132 Å². The van der Waals surface area contributed by atoms with Gasteiger partial charge in [-0.2, -0.15) is 23.7 Å². The highest BCUT2D eigenvalue weighted by Gasteiger charge is 2.25. The fourth-order valence-corrected chi connectivity index (χ4v) is 2.85. The number of benzene rings is 1. The van der Waals surface area contributed by atoms with E-state index in [9.17, 15) is 26.4 Å². The molecule has 0 atom stereocenters. The molecule has 10 nitrogen and oxygen atoms in total. The lowest BCUT2D eigenvalue weighted by Gasteiger charge is -2.12. The summed E-state index contributed by atoms with van der Waals surface area (Å²) >= 11 is 0. The number of amides is 2. The molecule has 0 saturated carbocycles. The van der Waals surface area contributed by atoms with E-state index < -0.39 is 39.1 Å². The molecule has 2 amide bonds. The molecule has 27 heavy (non-hydrogen) atoms. The van der Waals surface area contributed by atoms with Crippen LogP contribution in [0.2, 0.25) is 0 Å². The lowest BCUT2D eigenvalue weighted by atomic mass is 10.3. The van der Waals surface area contributed by atoms with Gasteiger partial charge in [0.2, 0.25) is 5.95 Å². The highest BCUT2D eigenvalue weighted by atomic mass is 32.2. The Labute approximate surface area is 150 Å². The number of nitrogens with zero attached hydrogens (tertiary/aromatic N) is 3. The van der Waals surface area contributed by atoms with Crippen molar-refractivity contribution in [3.8, 4) is 11.8 Å². The average molecular weight is 407 g/mol. The number of ether oxygens (including phenoxy) is 2. The van der Waals surface area contributed by atoms with E-state index in [1.165, 1.54) is 18.8 Å². The zero-order valence-electron chi connectivity index (χ0n) is 13.7. The number of carbonyl (C=O) groups is 1. The number of urea groups is 1. The van der Waals surface area contributed by atoms with E-state index >= 15 is 0 Å². The van der Waals surface area contributed by atoms with Gasteiger partial charge in [-0.3, -0.25) is 5.32 Å². The number of carbonyl (C=O) groups excluding carboxylic acids is 1. The number of sulfonamides is 1. The number of hydrogen-bond donors (Lipinski definition) is 2. The first kappa shape index (κ1) is 20.2. The number of hydrogen-bond acceptors (Lipinski definition) is 8. The quantitative estimate of drug-likeness (QED) is 0.735.